The van der Waals surface area contributed by atoms with Gasteiger partial charge in [-0.1, -0.05) is 34.8 Å². The SMILES string of the molecule is COC(=O)/C(N=Nc1ccc(Cl)cc1)=C(/O)c1cc(Cl)sc1Cl. The maximum atomic E-state index is 11.8. The zero-order valence-electron chi connectivity index (χ0n) is 11.6. The molecule has 1 aromatic heterocycles. The first-order valence-electron chi connectivity index (χ1n) is 6.06. The van der Waals surface area contributed by atoms with Gasteiger partial charge in [0.15, 0.2) is 5.76 Å². The van der Waals surface area contributed by atoms with Crippen LogP contribution in [0, 0.1) is 0 Å². The molecule has 0 radical (unpaired) electrons. The third kappa shape index (κ3) is 4.45. The van der Waals surface area contributed by atoms with Crippen molar-refractivity contribution in [3.8, 4) is 0 Å². The molecular weight excluding hydrogens is 383 g/mol. The fourth-order valence-corrected chi connectivity index (χ4v) is 3.12. The highest BCUT2D eigenvalue weighted by Crippen LogP contribution is 2.36. The molecule has 0 fully saturated rings. The van der Waals surface area contributed by atoms with Crippen molar-refractivity contribution in [1.82, 2.24) is 0 Å². The fourth-order valence-electron chi connectivity index (χ4n) is 1.53. The summed E-state index contributed by atoms with van der Waals surface area (Å²) in [6.07, 6.45) is 0. The Labute approximate surface area is 150 Å². The van der Waals surface area contributed by atoms with E-state index in [0.29, 0.717) is 15.0 Å². The predicted molar refractivity (Wildman–Crippen MR) is 91.9 cm³/mol. The Morgan fingerprint density at radius 1 is 1.22 bits per heavy atom. The van der Waals surface area contributed by atoms with E-state index in [4.69, 9.17) is 34.8 Å². The molecule has 0 aliphatic carbocycles. The van der Waals surface area contributed by atoms with Crippen LogP contribution in [0.4, 0.5) is 5.69 Å². The summed E-state index contributed by atoms with van der Waals surface area (Å²) in [7, 11) is 1.16. The lowest BCUT2D eigenvalue weighted by molar-refractivity contribution is -0.136. The van der Waals surface area contributed by atoms with Crippen LogP contribution < -0.4 is 0 Å². The Kier molecular flexibility index (Phi) is 6.01. The Balaban J connectivity index is 2.44. The van der Waals surface area contributed by atoms with Gasteiger partial charge in [-0.15, -0.1) is 16.5 Å². The molecule has 0 saturated heterocycles. The molecule has 2 rings (SSSR count). The van der Waals surface area contributed by atoms with E-state index in [2.05, 4.69) is 15.0 Å². The molecule has 120 valence electrons. The molecule has 0 amide bonds. The number of halogens is 3. The third-order valence-electron chi connectivity index (χ3n) is 2.61. The number of esters is 1. The molecule has 1 heterocycles. The predicted octanol–water partition coefficient (Wildman–Crippen LogP) is 5.89. The van der Waals surface area contributed by atoms with Gasteiger partial charge in [0.05, 0.1) is 22.7 Å². The zero-order valence-corrected chi connectivity index (χ0v) is 14.7. The minimum atomic E-state index is -0.862. The van der Waals surface area contributed by atoms with Gasteiger partial charge in [0, 0.05) is 5.02 Å². The number of hydrogen-bond donors (Lipinski definition) is 1. The first-order chi connectivity index (χ1) is 10.9. The van der Waals surface area contributed by atoms with E-state index in [0.717, 1.165) is 18.4 Å². The summed E-state index contributed by atoms with van der Waals surface area (Å²) in [5.41, 5.74) is 0.231. The molecule has 1 aromatic carbocycles. The topological polar surface area (TPSA) is 71.2 Å². The molecule has 0 atom stereocenters. The number of methoxy groups -OCH3 is 1. The van der Waals surface area contributed by atoms with Crippen LogP contribution in [-0.2, 0) is 9.53 Å². The van der Waals surface area contributed by atoms with Gasteiger partial charge in [-0.3, -0.25) is 0 Å². The highest BCUT2D eigenvalue weighted by molar-refractivity contribution is 7.20. The number of thiophene rings is 1. The number of azo groups is 1. The standard InChI is InChI=1S/C14H9Cl3N2O3S/c1-22-14(21)11(12(20)9-6-10(16)23-13(9)17)19-18-8-4-2-7(15)3-5-8/h2-6,20H,1H3/b12-11-,19-18?. The van der Waals surface area contributed by atoms with Crippen molar-refractivity contribution in [3.63, 3.8) is 0 Å². The lowest BCUT2D eigenvalue weighted by atomic mass is 10.2. The molecule has 0 aliphatic rings. The number of carbonyl (C=O) groups excluding carboxylic acids is 1. The summed E-state index contributed by atoms with van der Waals surface area (Å²) in [5, 5.41) is 18.4. The lowest BCUT2D eigenvalue weighted by Crippen LogP contribution is -2.05. The number of benzene rings is 1. The highest BCUT2D eigenvalue weighted by Gasteiger charge is 2.21. The zero-order chi connectivity index (χ0) is 17.0. The molecule has 1 N–H and O–H groups in total. The second-order valence-corrected chi connectivity index (χ2v) is 6.83. The van der Waals surface area contributed by atoms with Crippen molar-refractivity contribution in [3.05, 3.63) is 55.3 Å². The van der Waals surface area contributed by atoms with Gasteiger partial charge in [-0.25, -0.2) is 4.79 Å². The molecule has 0 saturated carbocycles. The third-order valence-corrected chi connectivity index (χ3v) is 4.35. The van der Waals surface area contributed by atoms with E-state index in [1.54, 1.807) is 24.3 Å². The molecule has 0 spiro atoms. The van der Waals surface area contributed by atoms with E-state index in [1.807, 2.05) is 0 Å². The largest absolute Gasteiger partial charge is 0.505 e. The summed E-state index contributed by atoms with van der Waals surface area (Å²) >= 11 is 18.6. The van der Waals surface area contributed by atoms with Gasteiger partial charge in [0.1, 0.15) is 4.34 Å². The Hall–Kier alpha value is -1.60. The average molecular weight is 392 g/mol. The Bertz CT molecular complexity index is 785. The van der Waals surface area contributed by atoms with Crippen molar-refractivity contribution < 1.29 is 14.6 Å². The van der Waals surface area contributed by atoms with Crippen molar-refractivity contribution >= 4 is 63.6 Å². The summed E-state index contributed by atoms with van der Waals surface area (Å²) < 4.78 is 5.18. The maximum absolute atomic E-state index is 11.8. The number of hydrogen-bond acceptors (Lipinski definition) is 6. The summed E-state index contributed by atoms with van der Waals surface area (Å²) in [6, 6.07) is 7.86. The summed E-state index contributed by atoms with van der Waals surface area (Å²) in [5.74, 6) is -1.33. The quantitative estimate of drug-likeness (QED) is 0.305. The van der Waals surface area contributed by atoms with Gasteiger partial charge in [-0.05, 0) is 30.3 Å². The fraction of sp³-hybridized carbons (Fsp3) is 0.0714. The monoisotopic (exact) mass is 390 g/mol. The molecule has 9 heteroatoms. The average Bonchev–Trinajstić information content (AvgIpc) is 2.87. The van der Waals surface area contributed by atoms with Crippen LogP contribution >= 0.6 is 46.1 Å². The summed E-state index contributed by atoms with van der Waals surface area (Å²) in [4.78, 5) is 11.8. The number of nitrogens with zero attached hydrogens (tertiary/aromatic N) is 2. The van der Waals surface area contributed by atoms with E-state index in [-0.39, 0.29) is 15.6 Å². The van der Waals surface area contributed by atoms with Crippen LogP contribution in [-0.4, -0.2) is 18.2 Å². The number of carbonyl (C=O) groups is 1. The van der Waals surface area contributed by atoms with Gasteiger partial charge >= 0.3 is 5.97 Å². The molecule has 2 aromatic rings. The van der Waals surface area contributed by atoms with E-state index in [9.17, 15) is 9.90 Å². The molecule has 0 bridgehead atoms. The van der Waals surface area contributed by atoms with Crippen molar-refractivity contribution in [1.29, 1.82) is 0 Å². The second-order valence-electron chi connectivity index (χ2n) is 4.10. The molecule has 5 nitrogen and oxygen atoms in total. The van der Waals surface area contributed by atoms with Gasteiger partial charge < -0.3 is 9.84 Å². The first kappa shape index (κ1) is 17.7. The van der Waals surface area contributed by atoms with E-state index >= 15 is 0 Å². The minimum Gasteiger partial charge on any atom is -0.505 e. The van der Waals surface area contributed by atoms with Crippen LogP contribution in [0.5, 0.6) is 0 Å². The number of aliphatic hydroxyl groups excluding tert-OH is 1. The van der Waals surface area contributed by atoms with Crippen LogP contribution in [0.3, 0.4) is 0 Å². The molecule has 23 heavy (non-hydrogen) atoms. The Morgan fingerprint density at radius 3 is 2.39 bits per heavy atom. The van der Waals surface area contributed by atoms with Crippen molar-refractivity contribution in [2.45, 2.75) is 0 Å². The summed E-state index contributed by atoms with van der Waals surface area (Å²) in [6.45, 7) is 0. The molecular formula is C14H9Cl3N2O3S. The van der Waals surface area contributed by atoms with Crippen LogP contribution in [0.15, 0.2) is 46.3 Å². The van der Waals surface area contributed by atoms with E-state index in [1.165, 1.54) is 6.07 Å². The normalized spacial score (nSPS) is 12.3. The highest BCUT2D eigenvalue weighted by atomic mass is 35.5. The van der Waals surface area contributed by atoms with Crippen LogP contribution in [0.1, 0.15) is 5.56 Å². The Morgan fingerprint density at radius 2 is 1.87 bits per heavy atom. The molecule has 0 aliphatic heterocycles. The van der Waals surface area contributed by atoms with Crippen LogP contribution in [0.2, 0.25) is 13.7 Å². The first-order valence-corrected chi connectivity index (χ1v) is 8.01. The number of ether oxygens (including phenoxy) is 1. The van der Waals surface area contributed by atoms with Gasteiger partial charge in [0.25, 0.3) is 0 Å². The number of rotatable bonds is 4. The van der Waals surface area contributed by atoms with Crippen LogP contribution in [0.25, 0.3) is 5.76 Å². The lowest BCUT2D eigenvalue weighted by Gasteiger charge is -2.03. The maximum Gasteiger partial charge on any atom is 0.362 e. The second kappa shape index (κ2) is 7.79. The van der Waals surface area contributed by atoms with E-state index < -0.39 is 11.7 Å². The van der Waals surface area contributed by atoms with Crippen molar-refractivity contribution in [2.24, 2.45) is 10.2 Å². The minimum absolute atomic E-state index is 0.178. The van der Waals surface area contributed by atoms with Gasteiger partial charge in [0.2, 0.25) is 5.70 Å². The molecule has 0 unspecified atom stereocenters. The van der Waals surface area contributed by atoms with Crippen molar-refractivity contribution in [2.75, 3.05) is 7.11 Å². The smallest absolute Gasteiger partial charge is 0.362 e. The van der Waals surface area contributed by atoms with Gasteiger partial charge in [-0.2, -0.15) is 5.11 Å². The number of aliphatic hydroxyl groups is 1.